The van der Waals surface area contributed by atoms with Crippen molar-refractivity contribution in [1.82, 2.24) is 15.1 Å². The predicted octanol–water partition coefficient (Wildman–Crippen LogP) is 2.64. The summed E-state index contributed by atoms with van der Waals surface area (Å²) in [5.41, 5.74) is 0.791. The standard InChI is InChI=1S/C19H23N3O5S/c1-3-26-15-6-4-13(5-7-15)17-20-21-19(27-17)28-12-16(23)22-10-8-14(9-11-22)18(24)25-2/h4-7,14H,3,8-12H2,1-2H3. The summed E-state index contributed by atoms with van der Waals surface area (Å²) in [4.78, 5) is 25.7. The zero-order valence-electron chi connectivity index (χ0n) is 15.9. The summed E-state index contributed by atoms with van der Waals surface area (Å²) < 4.78 is 15.8. The van der Waals surface area contributed by atoms with Crippen molar-refractivity contribution in [3.8, 4) is 17.2 Å². The van der Waals surface area contributed by atoms with E-state index in [-0.39, 0.29) is 23.5 Å². The van der Waals surface area contributed by atoms with Crippen molar-refractivity contribution in [2.75, 3.05) is 32.6 Å². The number of esters is 1. The van der Waals surface area contributed by atoms with Crippen LogP contribution in [-0.4, -0.2) is 59.5 Å². The first-order valence-corrected chi connectivity index (χ1v) is 10.1. The van der Waals surface area contributed by atoms with E-state index < -0.39 is 0 Å². The Kier molecular flexibility index (Phi) is 6.91. The number of rotatable bonds is 7. The van der Waals surface area contributed by atoms with Gasteiger partial charge in [-0.2, -0.15) is 0 Å². The fraction of sp³-hybridized carbons (Fsp3) is 0.474. The number of thioether (sulfide) groups is 1. The third kappa shape index (κ3) is 5.03. The van der Waals surface area contributed by atoms with E-state index in [0.29, 0.717) is 43.7 Å². The lowest BCUT2D eigenvalue weighted by Crippen LogP contribution is -2.41. The lowest BCUT2D eigenvalue weighted by Gasteiger charge is -2.30. The van der Waals surface area contributed by atoms with Crippen LogP contribution in [0.25, 0.3) is 11.5 Å². The largest absolute Gasteiger partial charge is 0.494 e. The number of carbonyl (C=O) groups excluding carboxylic acids is 2. The Balaban J connectivity index is 1.49. The van der Waals surface area contributed by atoms with Gasteiger partial charge >= 0.3 is 5.97 Å². The summed E-state index contributed by atoms with van der Waals surface area (Å²) in [7, 11) is 1.39. The van der Waals surface area contributed by atoms with Crippen LogP contribution in [0, 0.1) is 5.92 Å². The van der Waals surface area contributed by atoms with Gasteiger partial charge in [0.1, 0.15) is 5.75 Å². The molecule has 1 aliphatic heterocycles. The number of hydrogen-bond donors (Lipinski definition) is 0. The van der Waals surface area contributed by atoms with E-state index in [4.69, 9.17) is 13.9 Å². The number of ether oxygens (including phenoxy) is 2. The van der Waals surface area contributed by atoms with Crippen LogP contribution < -0.4 is 4.74 Å². The molecule has 1 saturated heterocycles. The Morgan fingerprint density at radius 1 is 1.21 bits per heavy atom. The highest BCUT2D eigenvalue weighted by Crippen LogP contribution is 2.26. The molecule has 28 heavy (non-hydrogen) atoms. The Morgan fingerprint density at radius 2 is 1.93 bits per heavy atom. The van der Waals surface area contributed by atoms with Crippen LogP contribution in [-0.2, 0) is 14.3 Å². The average Bonchev–Trinajstić information content (AvgIpc) is 3.21. The maximum atomic E-state index is 12.4. The number of methoxy groups -OCH3 is 1. The van der Waals surface area contributed by atoms with Gasteiger partial charge in [-0.05, 0) is 44.0 Å². The van der Waals surface area contributed by atoms with E-state index in [2.05, 4.69) is 10.2 Å². The van der Waals surface area contributed by atoms with Gasteiger partial charge in [-0.25, -0.2) is 0 Å². The topological polar surface area (TPSA) is 94.8 Å². The van der Waals surface area contributed by atoms with Crippen LogP contribution in [0.4, 0.5) is 0 Å². The molecule has 1 aromatic heterocycles. The van der Waals surface area contributed by atoms with Crippen molar-refractivity contribution >= 4 is 23.6 Å². The van der Waals surface area contributed by atoms with E-state index in [1.807, 2.05) is 31.2 Å². The van der Waals surface area contributed by atoms with Crippen molar-refractivity contribution < 1.29 is 23.5 Å². The first-order chi connectivity index (χ1) is 13.6. The molecular weight excluding hydrogens is 382 g/mol. The van der Waals surface area contributed by atoms with Crippen LogP contribution >= 0.6 is 11.8 Å². The van der Waals surface area contributed by atoms with Crippen LogP contribution in [0.2, 0.25) is 0 Å². The molecule has 0 saturated carbocycles. The van der Waals surface area contributed by atoms with Crippen LogP contribution in [0.1, 0.15) is 19.8 Å². The summed E-state index contributed by atoms with van der Waals surface area (Å²) in [6, 6.07) is 7.39. The smallest absolute Gasteiger partial charge is 0.308 e. The van der Waals surface area contributed by atoms with E-state index in [9.17, 15) is 9.59 Å². The minimum Gasteiger partial charge on any atom is -0.494 e. The molecule has 150 valence electrons. The highest BCUT2D eigenvalue weighted by molar-refractivity contribution is 7.99. The van der Waals surface area contributed by atoms with E-state index in [0.717, 1.165) is 11.3 Å². The van der Waals surface area contributed by atoms with Gasteiger partial charge in [0.25, 0.3) is 5.22 Å². The highest BCUT2D eigenvalue weighted by Gasteiger charge is 2.28. The summed E-state index contributed by atoms with van der Waals surface area (Å²) in [5.74, 6) is 1.07. The lowest BCUT2D eigenvalue weighted by molar-refractivity contribution is -0.148. The SMILES string of the molecule is CCOc1ccc(-c2nnc(SCC(=O)N3CCC(C(=O)OC)CC3)o2)cc1. The Morgan fingerprint density at radius 3 is 2.57 bits per heavy atom. The molecule has 9 heteroatoms. The van der Waals surface area contributed by atoms with Crippen molar-refractivity contribution in [3.05, 3.63) is 24.3 Å². The molecule has 3 rings (SSSR count). The van der Waals surface area contributed by atoms with E-state index in [1.165, 1.54) is 18.9 Å². The molecule has 0 aliphatic carbocycles. The number of benzene rings is 1. The van der Waals surface area contributed by atoms with Gasteiger partial charge in [0, 0.05) is 18.7 Å². The molecule has 0 bridgehead atoms. The number of piperidine rings is 1. The van der Waals surface area contributed by atoms with Crippen LogP contribution in [0.5, 0.6) is 5.75 Å². The fourth-order valence-corrected chi connectivity index (χ4v) is 3.66. The second-order valence-electron chi connectivity index (χ2n) is 6.30. The second-order valence-corrected chi connectivity index (χ2v) is 7.22. The molecule has 0 spiro atoms. The number of likely N-dealkylation sites (tertiary alicyclic amines) is 1. The molecule has 2 heterocycles. The maximum Gasteiger partial charge on any atom is 0.308 e. The third-order valence-electron chi connectivity index (χ3n) is 4.52. The average molecular weight is 405 g/mol. The summed E-state index contributed by atoms with van der Waals surface area (Å²) in [5, 5.41) is 8.38. The minimum absolute atomic E-state index is 0.00543. The second kappa shape index (κ2) is 9.59. The molecule has 1 amide bonds. The zero-order chi connectivity index (χ0) is 19.9. The molecule has 8 nitrogen and oxygen atoms in total. The highest BCUT2D eigenvalue weighted by atomic mass is 32.2. The molecule has 0 atom stereocenters. The Bertz CT molecular complexity index is 800. The van der Waals surface area contributed by atoms with Gasteiger partial charge in [-0.15, -0.1) is 10.2 Å². The first kappa shape index (κ1) is 20.2. The van der Waals surface area contributed by atoms with E-state index in [1.54, 1.807) is 4.90 Å². The van der Waals surface area contributed by atoms with E-state index >= 15 is 0 Å². The molecule has 1 fully saturated rings. The molecular formula is C19H23N3O5S. The first-order valence-electron chi connectivity index (χ1n) is 9.15. The van der Waals surface area contributed by atoms with Gasteiger partial charge in [-0.3, -0.25) is 9.59 Å². The van der Waals surface area contributed by atoms with Crippen molar-refractivity contribution in [2.45, 2.75) is 25.0 Å². The van der Waals surface area contributed by atoms with Crippen molar-refractivity contribution in [2.24, 2.45) is 5.92 Å². The lowest BCUT2D eigenvalue weighted by atomic mass is 9.97. The molecule has 0 unspecified atom stereocenters. The van der Waals surface area contributed by atoms with Crippen molar-refractivity contribution in [3.63, 3.8) is 0 Å². The van der Waals surface area contributed by atoms with Gasteiger partial charge in [0.2, 0.25) is 11.8 Å². The minimum atomic E-state index is -0.200. The summed E-state index contributed by atoms with van der Waals surface area (Å²) >= 11 is 1.21. The van der Waals surface area contributed by atoms with Gasteiger partial charge in [0.15, 0.2) is 0 Å². The fourth-order valence-electron chi connectivity index (χ4n) is 2.99. The quantitative estimate of drug-likeness (QED) is 0.512. The van der Waals surface area contributed by atoms with Gasteiger partial charge < -0.3 is 18.8 Å². The molecule has 1 aromatic carbocycles. The van der Waals surface area contributed by atoms with Crippen LogP contribution in [0.15, 0.2) is 33.9 Å². The molecule has 0 N–H and O–H groups in total. The Hall–Kier alpha value is -2.55. The predicted molar refractivity (Wildman–Crippen MR) is 103 cm³/mol. The number of carbonyl (C=O) groups is 2. The third-order valence-corrected chi connectivity index (χ3v) is 5.32. The monoisotopic (exact) mass is 405 g/mol. The maximum absolute atomic E-state index is 12.4. The van der Waals surface area contributed by atoms with Crippen LogP contribution in [0.3, 0.4) is 0 Å². The zero-order valence-corrected chi connectivity index (χ0v) is 16.7. The Labute approximate surface area is 167 Å². The summed E-state index contributed by atoms with van der Waals surface area (Å²) in [6.45, 7) is 3.65. The number of hydrogen-bond acceptors (Lipinski definition) is 8. The normalized spacial score (nSPS) is 14.7. The molecule has 2 aromatic rings. The van der Waals surface area contributed by atoms with Gasteiger partial charge in [-0.1, -0.05) is 11.8 Å². The number of aromatic nitrogens is 2. The molecule has 0 radical (unpaired) electrons. The van der Waals surface area contributed by atoms with Gasteiger partial charge in [0.05, 0.1) is 25.4 Å². The number of nitrogens with zero attached hydrogens (tertiary/aromatic N) is 3. The molecule has 1 aliphatic rings. The summed E-state index contributed by atoms with van der Waals surface area (Å²) in [6.07, 6.45) is 1.26. The van der Waals surface area contributed by atoms with Crippen molar-refractivity contribution in [1.29, 1.82) is 0 Å². The number of amides is 1.